The monoisotopic (exact) mass is 340 g/mol. The number of carbonyl (C=O) groups is 2. The van der Waals surface area contributed by atoms with Gasteiger partial charge in [-0.05, 0) is 42.0 Å². The summed E-state index contributed by atoms with van der Waals surface area (Å²) in [5, 5.41) is 9.43. The van der Waals surface area contributed by atoms with E-state index >= 15 is 0 Å². The number of ketones is 1. The molecule has 0 aliphatic heterocycles. The lowest BCUT2D eigenvalue weighted by Gasteiger charge is -1.99. The highest BCUT2D eigenvalue weighted by Crippen LogP contribution is 2.20. The average Bonchev–Trinajstić information content (AvgIpc) is 2.89. The van der Waals surface area contributed by atoms with Gasteiger partial charge in [0.1, 0.15) is 0 Å². The Morgan fingerprint density at radius 2 is 1.88 bits per heavy atom. The van der Waals surface area contributed by atoms with Crippen LogP contribution in [0.2, 0.25) is 5.02 Å². The molecular formula is C18H13ClN2O3. The summed E-state index contributed by atoms with van der Waals surface area (Å²) in [4.78, 5) is 27.5. The molecule has 0 saturated carbocycles. The number of aryl methyl sites for hydroxylation is 1. The Bertz CT molecular complexity index is 972. The highest BCUT2D eigenvalue weighted by molar-refractivity contribution is 6.31. The van der Waals surface area contributed by atoms with E-state index in [0.29, 0.717) is 16.4 Å². The molecule has 0 saturated heterocycles. The molecule has 2 aromatic carbocycles. The predicted molar refractivity (Wildman–Crippen MR) is 92.5 cm³/mol. The van der Waals surface area contributed by atoms with Crippen LogP contribution >= 0.6 is 11.6 Å². The van der Waals surface area contributed by atoms with E-state index in [4.69, 9.17) is 16.7 Å². The van der Waals surface area contributed by atoms with Gasteiger partial charge in [0.25, 0.3) is 0 Å². The number of halogens is 1. The van der Waals surface area contributed by atoms with Crippen LogP contribution in [0.5, 0.6) is 0 Å². The van der Waals surface area contributed by atoms with Crippen LogP contribution in [-0.2, 0) is 7.05 Å². The van der Waals surface area contributed by atoms with Crippen LogP contribution in [0.3, 0.4) is 0 Å². The molecule has 1 N–H and O–H groups in total. The molecule has 0 fully saturated rings. The van der Waals surface area contributed by atoms with Crippen LogP contribution in [0.15, 0.2) is 48.5 Å². The van der Waals surface area contributed by atoms with Gasteiger partial charge in [0, 0.05) is 12.1 Å². The molecule has 24 heavy (non-hydrogen) atoms. The summed E-state index contributed by atoms with van der Waals surface area (Å²) < 4.78 is 1.71. The largest absolute Gasteiger partial charge is 0.478 e. The molecular weight excluding hydrogens is 328 g/mol. The second kappa shape index (κ2) is 6.29. The minimum absolute atomic E-state index is 0.200. The molecule has 3 aromatic rings. The number of carbonyl (C=O) groups excluding carboxylic acids is 1. The van der Waals surface area contributed by atoms with Crippen molar-refractivity contribution in [1.82, 2.24) is 9.55 Å². The number of fused-ring (bicyclic) bond motifs is 1. The zero-order valence-corrected chi connectivity index (χ0v) is 13.5. The third-order valence-corrected chi connectivity index (χ3v) is 3.88. The topological polar surface area (TPSA) is 72.2 Å². The normalized spacial score (nSPS) is 11.2. The van der Waals surface area contributed by atoms with Crippen LogP contribution < -0.4 is 0 Å². The van der Waals surface area contributed by atoms with Crippen LogP contribution in [0.1, 0.15) is 26.5 Å². The van der Waals surface area contributed by atoms with E-state index in [1.807, 2.05) is 6.07 Å². The van der Waals surface area contributed by atoms with Gasteiger partial charge in [-0.15, -0.1) is 0 Å². The lowest BCUT2D eigenvalue weighted by Crippen LogP contribution is -2.04. The van der Waals surface area contributed by atoms with Crippen molar-refractivity contribution in [2.45, 2.75) is 0 Å². The number of hydrogen-bond acceptors (Lipinski definition) is 3. The SMILES string of the molecule is Cn1c(C(=O)C=Cc2ccc(C(=O)O)cc2)nc2cc(Cl)ccc21. The molecule has 0 spiro atoms. The zero-order valence-electron chi connectivity index (χ0n) is 12.7. The van der Waals surface area contributed by atoms with Crippen molar-refractivity contribution < 1.29 is 14.7 Å². The third-order valence-electron chi connectivity index (χ3n) is 3.65. The van der Waals surface area contributed by atoms with E-state index in [2.05, 4.69) is 4.98 Å². The van der Waals surface area contributed by atoms with Gasteiger partial charge in [0.15, 0.2) is 5.82 Å². The summed E-state index contributed by atoms with van der Waals surface area (Å²) >= 11 is 5.95. The molecule has 0 amide bonds. The van der Waals surface area contributed by atoms with Gasteiger partial charge in [-0.2, -0.15) is 0 Å². The van der Waals surface area contributed by atoms with Gasteiger partial charge in [-0.1, -0.05) is 29.8 Å². The molecule has 6 heteroatoms. The molecule has 0 aliphatic carbocycles. The first-order chi connectivity index (χ1) is 11.5. The maximum atomic E-state index is 12.4. The Labute approximate surface area is 142 Å². The first-order valence-electron chi connectivity index (χ1n) is 7.13. The fraction of sp³-hybridized carbons (Fsp3) is 0.0556. The Kier molecular flexibility index (Phi) is 4.18. The maximum Gasteiger partial charge on any atom is 0.335 e. The van der Waals surface area contributed by atoms with Crippen molar-refractivity contribution in [2.75, 3.05) is 0 Å². The van der Waals surface area contributed by atoms with E-state index in [1.54, 1.807) is 42.0 Å². The Balaban J connectivity index is 1.86. The molecule has 120 valence electrons. The van der Waals surface area contributed by atoms with Crippen molar-refractivity contribution in [2.24, 2.45) is 7.05 Å². The molecule has 1 heterocycles. The second-order valence-corrected chi connectivity index (χ2v) is 5.69. The number of carboxylic acids is 1. The van der Waals surface area contributed by atoms with Crippen LogP contribution in [0.25, 0.3) is 17.1 Å². The van der Waals surface area contributed by atoms with Gasteiger partial charge in [0.2, 0.25) is 5.78 Å². The zero-order chi connectivity index (χ0) is 17.3. The smallest absolute Gasteiger partial charge is 0.335 e. The van der Waals surface area contributed by atoms with E-state index in [1.165, 1.54) is 18.2 Å². The Morgan fingerprint density at radius 1 is 1.17 bits per heavy atom. The van der Waals surface area contributed by atoms with Crippen LogP contribution in [0.4, 0.5) is 0 Å². The molecule has 0 radical (unpaired) electrons. The molecule has 0 bridgehead atoms. The highest BCUT2D eigenvalue weighted by Gasteiger charge is 2.13. The molecule has 0 aliphatic rings. The van der Waals surface area contributed by atoms with Crippen molar-refractivity contribution in [1.29, 1.82) is 0 Å². The summed E-state index contributed by atoms with van der Waals surface area (Å²) in [6.07, 6.45) is 3.04. The van der Waals surface area contributed by atoms with E-state index < -0.39 is 5.97 Å². The predicted octanol–water partition coefficient (Wildman–Crippen LogP) is 3.82. The summed E-state index contributed by atoms with van der Waals surface area (Å²) in [5.74, 6) is -0.919. The Morgan fingerprint density at radius 3 is 2.54 bits per heavy atom. The van der Waals surface area contributed by atoms with Gasteiger partial charge < -0.3 is 9.67 Å². The molecule has 1 aromatic heterocycles. The third kappa shape index (κ3) is 3.07. The molecule has 0 atom stereocenters. The standard InChI is InChI=1S/C18H13ClN2O3/c1-21-15-8-7-13(19)10-14(15)20-17(21)16(22)9-4-11-2-5-12(6-3-11)18(23)24/h2-10H,1H3,(H,23,24). The van der Waals surface area contributed by atoms with E-state index in [-0.39, 0.29) is 11.3 Å². The minimum Gasteiger partial charge on any atom is -0.478 e. The van der Waals surface area contributed by atoms with Crippen molar-refractivity contribution in [3.8, 4) is 0 Å². The number of benzene rings is 2. The van der Waals surface area contributed by atoms with Gasteiger partial charge in [0.05, 0.1) is 16.6 Å². The van der Waals surface area contributed by atoms with Crippen molar-refractivity contribution in [3.05, 3.63) is 70.5 Å². The lowest BCUT2D eigenvalue weighted by molar-refractivity contribution is 0.0696. The highest BCUT2D eigenvalue weighted by atomic mass is 35.5. The van der Waals surface area contributed by atoms with Crippen LogP contribution in [-0.4, -0.2) is 26.4 Å². The van der Waals surface area contributed by atoms with Gasteiger partial charge in [-0.3, -0.25) is 4.79 Å². The number of carboxylic acid groups (broad SMARTS) is 1. The van der Waals surface area contributed by atoms with E-state index in [9.17, 15) is 9.59 Å². The number of aromatic carboxylic acids is 1. The molecule has 3 rings (SSSR count). The van der Waals surface area contributed by atoms with Crippen molar-refractivity contribution >= 4 is 40.5 Å². The summed E-state index contributed by atoms with van der Waals surface area (Å²) in [6, 6.07) is 11.5. The summed E-state index contributed by atoms with van der Waals surface area (Å²) in [7, 11) is 1.77. The lowest BCUT2D eigenvalue weighted by atomic mass is 10.1. The van der Waals surface area contributed by atoms with Crippen LogP contribution in [0, 0.1) is 0 Å². The molecule has 5 nitrogen and oxygen atoms in total. The fourth-order valence-corrected chi connectivity index (χ4v) is 2.54. The maximum absolute atomic E-state index is 12.4. The van der Waals surface area contributed by atoms with Gasteiger partial charge >= 0.3 is 5.97 Å². The Hall–Kier alpha value is -2.92. The quantitative estimate of drug-likeness (QED) is 0.579. The van der Waals surface area contributed by atoms with Gasteiger partial charge in [-0.25, -0.2) is 9.78 Å². The summed E-state index contributed by atoms with van der Waals surface area (Å²) in [5.41, 5.74) is 2.41. The number of rotatable bonds is 4. The number of aromatic nitrogens is 2. The molecule has 0 unspecified atom stereocenters. The number of imidazole rings is 1. The summed E-state index contributed by atoms with van der Waals surface area (Å²) in [6.45, 7) is 0. The first-order valence-corrected chi connectivity index (χ1v) is 7.51. The minimum atomic E-state index is -0.986. The number of hydrogen-bond donors (Lipinski definition) is 1. The first kappa shape index (κ1) is 16.0. The van der Waals surface area contributed by atoms with E-state index in [0.717, 1.165) is 11.1 Å². The second-order valence-electron chi connectivity index (χ2n) is 5.25. The fourth-order valence-electron chi connectivity index (χ4n) is 2.38. The average molecular weight is 341 g/mol. The van der Waals surface area contributed by atoms with Crippen molar-refractivity contribution in [3.63, 3.8) is 0 Å². The number of allylic oxidation sites excluding steroid dienone is 1. The number of nitrogens with zero attached hydrogens (tertiary/aromatic N) is 2.